The van der Waals surface area contributed by atoms with Crippen LogP contribution in [0.2, 0.25) is 0 Å². The van der Waals surface area contributed by atoms with Gasteiger partial charge in [0.25, 0.3) is 34.6 Å². The molecule has 12 aromatic rings. The second-order valence-electron chi connectivity index (χ2n) is 31.3. The van der Waals surface area contributed by atoms with Crippen LogP contribution in [0.1, 0.15) is 135 Å². The molecular weight excluding hydrogens is 1890 g/mol. The standard InChI is InChI=1S/C31H32N6O7.C27H24N6O4.C21H23N5O8.C19H21N5O6/c1-3-36(4-2)22-13-12-20-15-24(31(41)44-27(20)16-22)30(40)34-19-29(39)35-25(23-10-5-6-11-26(23)37(42)43)17-28(38)33-18-21-9-7-8-14-32-21;34-26(32(18-20-9-3-6-14-28-20)19-21-10-4-7-15-29-21)17-24(22-11-1-2-13-25(22)33(36)37)31-27(35)23-12-5-8-16-30-23;27-18(23-10-14-5-3-4-8-22-14)9-16(15-6-1-2-7-17(15)26(33)34)24-19(28)11-25(12-20(29)30)13-21(31)32;25-17(22-10-13-5-3-4-8-21-13)9-15(23-18(26)11-20-12-19(27)28)14-6-1-2-7-16(14)24(29)30/h5-16,25H,3-4,17-19H2,1-2H3,(H,33,38)(H,34,40)(H,35,39);1-16,24H,17-19H2,(H,31,35);1-8,16H,9-13H2,(H,23,27)(H,24,28)(H,29,30)(H,31,32);1-8,15,20H,9-12H2,(H,22,25)(H,23,26)(H,27,28). The number of amides is 9. The average Bonchev–Trinajstić information content (AvgIpc) is 0.795. The van der Waals surface area contributed by atoms with Gasteiger partial charge in [-0.25, -0.2) is 4.79 Å². The van der Waals surface area contributed by atoms with E-state index < -0.39 is 147 Å². The second-order valence-corrected chi connectivity index (χ2v) is 31.3. The van der Waals surface area contributed by atoms with Crippen LogP contribution in [0.25, 0.3) is 11.0 Å². The molecule has 9 amide bonds. The smallest absolute Gasteiger partial charge is 0.349 e. The average molecular weight is 1990 g/mol. The number of benzene rings is 5. The van der Waals surface area contributed by atoms with Crippen LogP contribution >= 0.6 is 0 Å². The molecule has 0 radical (unpaired) electrons. The van der Waals surface area contributed by atoms with Crippen LogP contribution in [0.4, 0.5) is 28.4 Å². The SMILES string of the molecule is CCN(CC)c1ccc2cc(C(=O)NCC(=O)NC(CC(=O)NCc3ccccn3)c3ccccc3[N+](=O)[O-])c(=O)oc2c1.O=C(NC(CC(=O)N(Cc1ccccn1)Cc1ccccn1)c1ccccc1[N+](=O)[O-])c1ccccn1.O=C(O)CN(CC(=O)O)CC(=O)NC(CC(=O)NCc1ccccn1)c1ccccc1[N+](=O)[O-].O=C(O)CNCC(=O)NC(CC(=O)NCc1ccccn1)c1ccccc1[N+](=O)[O-]. The summed E-state index contributed by atoms with van der Waals surface area (Å²) in [6.07, 6.45) is 8.33. The van der Waals surface area contributed by atoms with Crippen molar-refractivity contribution in [3.63, 3.8) is 0 Å². The van der Waals surface area contributed by atoms with Crippen molar-refractivity contribution in [3.8, 4) is 0 Å². The van der Waals surface area contributed by atoms with E-state index >= 15 is 0 Å². The Balaban J connectivity index is 0.000000217. The molecule has 12 N–H and O–H groups in total. The molecule has 4 atom stereocenters. The maximum atomic E-state index is 13.7. The molecule has 5 aromatic carbocycles. The van der Waals surface area contributed by atoms with Crippen molar-refractivity contribution >= 4 is 110 Å². The van der Waals surface area contributed by atoms with E-state index in [9.17, 15) is 103 Å². The number of hydrogen-bond acceptors (Lipinski definition) is 31. The third-order valence-electron chi connectivity index (χ3n) is 21.0. The molecule has 0 bridgehead atoms. The van der Waals surface area contributed by atoms with Crippen LogP contribution in [0.15, 0.2) is 277 Å². The maximum Gasteiger partial charge on any atom is 0.349 e. The van der Waals surface area contributed by atoms with E-state index in [1.54, 1.807) is 157 Å². The van der Waals surface area contributed by atoms with Crippen molar-refractivity contribution in [2.75, 3.05) is 57.3 Å². The first kappa shape index (κ1) is 110. The van der Waals surface area contributed by atoms with Gasteiger partial charge in [-0.1, -0.05) is 109 Å². The number of carbonyl (C=O) groups is 12. The first-order valence-corrected chi connectivity index (χ1v) is 44.5. The normalized spacial score (nSPS) is 11.4. The lowest BCUT2D eigenvalue weighted by Crippen LogP contribution is -2.44. The minimum Gasteiger partial charge on any atom is -0.480 e. The fourth-order valence-electron chi connectivity index (χ4n) is 14.3. The van der Waals surface area contributed by atoms with Gasteiger partial charge in [0.05, 0.1) is 192 Å². The summed E-state index contributed by atoms with van der Waals surface area (Å²) in [5.74, 6) is -9.10. The largest absolute Gasteiger partial charge is 0.480 e. The quantitative estimate of drug-likeness (QED) is 0.00977. The molecule has 0 aliphatic heterocycles. The number of nitrogens with one attached hydrogen (secondary N) is 9. The number of carboxylic acids is 3. The molecule has 7 heterocycles. The molecule has 752 valence electrons. The van der Waals surface area contributed by atoms with Gasteiger partial charge in [-0.3, -0.25) is 138 Å². The highest BCUT2D eigenvalue weighted by atomic mass is 16.6. The Labute approximate surface area is 825 Å². The molecule has 0 spiro atoms. The number of para-hydroxylation sites is 4. The number of carboxylic acid groups (broad SMARTS) is 3. The molecule has 0 saturated heterocycles. The van der Waals surface area contributed by atoms with Crippen LogP contribution in [-0.4, -0.2) is 198 Å². The zero-order valence-corrected chi connectivity index (χ0v) is 77.9. The summed E-state index contributed by atoms with van der Waals surface area (Å²) in [6.45, 7) is 3.01. The van der Waals surface area contributed by atoms with Crippen molar-refractivity contribution in [1.29, 1.82) is 0 Å². The second kappa shape index (κ2) is 56.9. The summed E-state index contributed by atoms with van der Waals surface area (Å²) < 4.78 is 5.40. The minimum atomic E-state index is -1.34. The van der Waals surface area contributed by atoms with Gasteiger partial charge in [-0.15, -0.1) is 0 Å². The number of hydrogen-bond donors (Lipinski definition) is 12. The van der Waals surface area contributed by atoms with Gasteiger partial charge in [0.2, 0.25) is 41.4 Å². The first-order chi connectivity index (χ1) is 69.7. The molecule has 0 aliphatic rings. The Morgan fingerprint density at radius 2 is 0.724 bits per heavy atom. The summed E-state index contributed by atoms with van der Waals surface area (Å²) in [5, 5.41) is 96.5. The number of anilines is 1. The van der Waals surface area contributed by atoms with E-state index in [-0.39, 0.29) is 127 Å². The molecule has 4 unspecified atom stereocenters. The van der Waals surface area contributed by atoms with E-state index in [2.05, 4.69) is 82.7 Å². The number of rotatable bonds is 47. The van der Waals surface area contributed by atoms with Crippen LogP contribution in [-0.2, 0) is 80.7 Å². The van der Waals surface area contributed by atoms with Crippen LogP contribution in [0.3, 0.4) is 0 Å². The Kier molecular flexibility index (Phi) is 43.1. The predicted octanol–water partition coefficient (Wildman–Crippen LogP) is 7.96. The summed E-state index contributed by atoms with van der Waals surface area (Å²) in [4.78, 5) is 233. The number of pyridine rings is 6. The van der Waals surface area contributed by atoms with E-state index in [1.165, 1.54) is 97.2 Å². The monoisotopic (exact) mass is 1980 g/mol. The third kappa shape index (κ3) is 36.5. The van der Waals surface area contributed by atoms with Gasteiger partial charge in [0.1, 0.15) is 16.8 Å². The summed E-state index contributed by atoms with van der Waals surface area (Å²) in [7, 11) is 0. The lowest BCUT2D eigenvalue weighted by Gasteiger charge is -2.25. The van der Waals surface area contributed by atoms with Gasteiger partial charge in [-0.05, 0) is 105 Å². The maximum absolute atomic E-state index is 13.7. The topological polar surface area (TPSA) is 664 Å². The third-order valence-corrected chi connectivity index (χ3v) is 21.0. The van der Waals surface area contributed by atoms with Crippen LogP contribution in [0.5, 0.6) is 0 Å². The Bertz CT molecular complexity index is 6510. The van der Waals surface area contributed by atoms with Gasteiger partial charge in [0, 0.05) is 91.7 Å². The van der Waals surface area contributed by atoms with Crippen molar-refractivity contribution in [2.24, 2.45) is 0 Å². The lowest BCUT2D eigenvalue weighted by atomic mass is 10.0. The van der Waals surface area contributed by atoms with E-state index in [4.69, 9.17) is 19.7 Å². The highest BCUT2D eigenvalue weighted by Crippen LogP contribution is 2.33. The lowest BCUT2D eigenvalue weighted by molar-refractivity contribution is -0.385. The summed E-state index contributed by atoms with van der Waals surface area (Å²) in [5.41, 5.74) is 2.89. The van der Waals surface area contributed by atoms with E-state index in [0.29, 0.717) is 39.4 Å². The van der Waals surface area contributed by atoms with Gasteiger partial charge in [-0.2, -0.15) is 0 Å². The van der Waals surface area contributed by atoms with E-state index in [0.717, 1.165) is 23.7 Å². The number of aliphatic carboxylic acids is 3. The zero-order valence-electron chi connectivity index (χ0n) is 77.9. The Morgan fingerprint density at radius 3 is 1.08 bits per heavy atom. The fraction of sp³-hybridized carbons (Fsp3) is 0.235. The van der Waals surface area contributed by atoms with Crippen LogP contribution < -0.4 is 58.4 Å². The number of fused-ring (bicyclic) bond motifs is 1. The van der Waals surface area contributed by atoms with Gasteiger partial charge < -0.3 is 72.1 Å². The van der Waals surface area contributed by atoms with Gasteiger partial charge in [0.15, 0.2) is 0 Å². The number of nitrogens with zero attached hydrogens (tertiary/aromatic N) is 13. The van der Waals surface area contributed by atoms with Crippen molar-refractivity contribution in [1.82, 2.24) is 87.6 Å². The van der Waals surface area contributed by atoms with Crippen molar-refractivity contribution in [3.05, 3.63) is 381 Å². The molecule has 145 heavy (non-hydrogen) atoms. The van der Waals surface area contributed by atoms with Crippen LogP contribution in [0, 0.1) is 40.5 Å². The first-order valence-electron chi connectivity index (χ1n) is 44.5. The Morgan fingerprint density at radius 1 is 0.366 bits per heavy atom. The Hall–Kier alpha value is -18.8. The summed E-state index contributed by atoms with van der Waals surface area (Å²) >= 11 is 0. The minimum absolute atomic E-state index is 0.0665. The number of nitro benzene ring substituents is 4. The highest BCUT2D eigenvalue weighted by molar-refractivity contribution is 5.99. The number of carbonyl (C=O) groups excluding carboxylic acids is 9. The number of nitro groups is 4. The molecule has 0 fully saturated rings. The molecular formula is C98H100N22O25. The molecule has 7 aromatic heterocycles. The van der Waals surface area contributed by atoms with E-state index in [1.807, 2.05) is 32.0 Å². The molecule has 12 rings (SSSR count). The molecule has 47 heteroatoms. The van der Waals surface area contributed by atoms with Gasteiger partial charge >= 0.3 is 23.5 Å². The van der Waals surface area contributed by atoms with Crippen molar-refractivity contribution < 1.29 is 97.0 Å². The number of aromatic nitrogens is 6. The highest BCUT2D eigenvalue weighted by Gasteiger charge is 2.33. The molecule has 0 saturated carbocycles. The fourth-order valence-corrected chi connectivity index (χ4v) is 14.3. The predicted molar refractivity (Wildman–Crippen MR) is 520 cm³/mol. The molecule has 47 nitrogen and oxygen atoms in total. The zero-order chi connectivity index (χ0) is 105. The molecule has 0 aliphatic carbocycles. The summed E-state index contributed by atoms with van der Waals surface area (Å²) in [6, 6.07) is 57.0. The van der Waals surface area contributed by atoms with Crippen molar-refractivity contribution in [2.45, 2.75) is 96.4 Å².